The molecule has 1 aromatic heterocycles. The zero-order valence-electron chi connectivity index (χ0n) is 13.8. The van der Waals surface area contributed by atoms with Gasteiger partial charge < -0.3 is 5.32 Å². The molecular formula is C17H15BrClN5O2. The lowest BCUT2D eigenvalue weighted by Gasteiger charge is -2.14. The second-order valence-corrected chi connectivity index (χ2v) is 6.95. The van der Waals surface area contributed by atoms with Gasteiger partial charge in [0.15, 0.2) is 0 Å². The number of nitrogens with zero attached hydrogens (tertiary/aromatic N) is 4. The van der Waals surface area contributed by atoms with Crippen molar-refractivity contribution in [2.75, 3.05) is 0 Å². The first kappa shape index (κ1) is 18.3. The molecule has 1 heterocycles. The number of rotatable bonds is 5. The van der Waals surface area contributed by atoms with E-state index in [-0.39, 0.29) is 18.5 Å². The van der Waals surface area contributed by atoms with E-state index in [0.29, 0.717) is 10.7 Å². The van der Waals surface area contributed by atoms with Gasteiger partial charge in [0.1, 0.15) is 6.54 Å². The highest BCUT2D eigenvalue weighted by Crippen LogP contribution is 2.17. The highest BCUT2D eigenvalue weighted by atomic mass is 79.9. The van der Waals surface area contributed by atoms with Crippen LogP contribution in [0.2, 0.25) is 5.02 Å². The van der Waals surface area contributed by atoms with Crippen molar-refractivity contribution in [1.29, 1.82) is 0 Å². The van der Waals surface area contributed by atoms with Gasteiger partial charge in [-0.3, -0.25) is 4.79 Å². The molecule has 0 saturated carbocycles. The molecule has 1 atom stereocenters. The fraction of sp³-hybridized carbons (Fsp3) is 0.176. The largest absolute Gasteiger partial charge is 0.369 e. The molecule has 0 fully saturated rings. The minimum atomic E-state index is -0.537. The minimum Gasteiger partial charge on any atom is -0.348 e. The van der Waals surface area contributed by atoms with Crippen LogP contribution < -0.4 is 11.0 Å². The lowest BCUT2D eigenvalue weighted by atomic mass is 10.1. The van der Waals surface area contributed by atoms with E-state index in [1.54, 1.807) is 24.3 Å². The van der Waals surface area contributed by atoms with Crippen molar-refractivity contribution in [3.8, 4) is 5.69 Å². The van der Waals surface area contributed by atoms with E-state index in [4.69, 9.17) is 11.6 Å². The van der Waals surface area contributed by atoms with Crippen LogP contribution in [-0.2, 0) is 11.3 Å². The highest BCUT2D eigenvalue weighted by molar-refractivity contribution is 9.10. The van der Waals surface area contributed by atoms with E-state index in [1.165, 1.54) is 0 Å². The van der Waals surface area contributed by atoms with E-state index >= 15 is 0 Å². The number of hydrogen-bond acceptors (Lipinski definition) is 4. The summed E-state index contributed by atoms with van der Waals surface area (Å²) in [5.41, 5.74) is 0.826. The van der Waals surface area contributed by atoms with Gasteiger partial charge in [0.2, 0.25) is 5.91 Å². The second kappa shape index (κ2) is 7.84. The summed E-state index contributed by atoms with van der Waals surface area (Å²) in [6.45, 7) is 1.63. The molecule has 0 bridgehead atoms. The van der Waals surface area contributed by atoms with Crippen LogP contribution in [-0.4, -0.2) is 25.7 Å². The van der Waals surface area contributed by atoms with Gasteiger partial charge in [-0.25, -0.2) is 4.79 Å². The Morgan fingerprint density at radius 3 is 2.58 bits per heavy atom. The number of amides is 1. The van der Waals surface area contributed by atoms with Crippen molar-refractivity contribution in [2.24, 2.45) is 0 Å². The Morgan fingerprint density at radius 1 is 1.19 bits per heavy atom. The maximum Gasteiger partial charge on any atom is 0.369 e. The van der Waals surface area contributed by atoms with Crippen molar-refractivity contribution >= 4 is 33.4 Å². The normalized spacial score (nSPS) is 12.0. The summed E-state index contributed by atoms with van der Waals surface area (Å²) >= 11 is 9.45. The SMILES string of the molecule is CC(NC(=O)Cn1nnn(-c2ccccc2Cl)c1=O)c1ccc(Br)cc1. The van der Waals surface area contributed by atoms with E-state index in [9.17, 15) is 9.59 Å². The molecule has 2 aromatic carbocycles. The number of carbonyl (C=O) groups excluding carboxylic acids is 1. The van der Waals surface area contributed by atoms with Crippen LogP contribution in [0.1, 0.15) is 18.5 Å². The summed E-state index contributed by atoms with van der Waals surface area (Å²) in [7, 11) is 0. The van der Waals surface area contributed by atoms with Gasteiger partial charge in [-0.05, 0) is 47.2 Å². The van der Waals surface area contributed by atoms with Gasteiger partial charge in [0, 0.05) is 4.47 Å². The van der Waals surface area contributed by atoms with Gasteiger partial charge in [-0.2, -0.15) is 9.36 Å². The third-order valence-corrected chi connectivity index (χ3v) is 4.61. The third kappa shape index (κ3) is 4.03. The number of tetrazole rings is 1. The lowest BCUT2D eigenvalue weighted by Crippen LogP contribution is -2.34. The molecule has 134 valence electrons. The molecule has 7 nitrogen and oxygen atoms in total. The summed E-state index contributed by atoms with van der Waals surface area (Å²) < 4.78 is 3.02. The zero-order valence-corrected chi connectivity index (χ0v) is 16.1. The first-order chi connectivity index (χ1) is 12.5. The molecule has 26 heavy (non-hydrogen) atoms. The number of para-hydroxylation sites is 1. The smallest absolute Gasteiger partial charge is 0.348 e. The van der Waals surface area contributed by atoms with E-state index in [2.05, 4.69) is 31.7 Å². The third-order valence-electron chi connectivity index (χ3n) is 3.76. The van der Waals surface area contributed by atoms with Gasteiger partial charge in [-0.1, -0.05) is 51.8 Å². The van der Waals surface area contributed by atoms with Crippen LogP contribution in [0.4, 0.5) is 0 Å². The highest BCUT2D eigenvalue weighted by Gasteiger charge is 2.15. The Hall–Kier alpha value is -2.45. The summed E-state index contributed by atoms with van der Waals surface area (Å²) in [6.07, 6.45) is 0. The average molecular weight is 437 g/mol. The number of halogens is 2. The zero-order chi connectivity index (χ0) is 18.7. The van der Waals surface area contributed by atoms with Crippen LogP contribution in [0.3, 0.4) is 0 Å². The summed E-state index contributed by atoms with van der Waals surface area (Å²) in [4.78, 5) is 24.7. The molecule has 3 rings (SSSR count). The first-order valence-corrected chi connectivity index (χ1v) is 8.95. The van der Waals surface area contributed by atoms with Gasteiger partial charge in [0.05, 0.1) is 16.8 Å². The molecule has 0 aliphatic rings. The van der Waals surface area contributed by atoms with Crippen LogP contribution in [0, 0.1) is 0 Å². The number of hydrogen-bond donors (Lipinski definition) is 1. The van der Waals surface area contributed by atoms with Crippen LogP contribution in [0.5, 0.6) is 0 Å². The molecule has 0 aliphatic carbocycles. The van der Waals surface area contributed by atoms with Crippen molar-refractivity contribution in [3.05, 3.63) is 74.1 Å². The van der Waals surface area contributed by atoms with Crippen molar-refractivity contribution < 1.29 is 4.79 Å². The second-order valence-electron chi connectivity index (χ2n) is 5.62. The molecule has 1 amide bonds. The molecule has 0 radical (unpaired) electrons. The number of aromatic nitrogens is 4. The number of nitrogens with one attached hydrogen (secondary N) is 1. The molecule has 9 heteroatoms. The van der Waals surface area contributed by atoms with Crippen molar-refractivity contribution in [1.82, 2.24) is 25.1 Å². The number of benzene rings is 2. The minimum absolute atomic E-state index is 0.204. The number of carbonyl (C=O) groups is 1. The maximum absolute atomic E-state index is 12.4. The van der Waals surface area contributed by atoms with Crippen molar-refractivity contribution in [2.45, 2.75) is 19.5 Å². The maximum atomic E-state index is 12.4. The molecule has 0 aliphatic heterocycles. The predicted octanol–water partition coefficient (Wildman–Crippen LogP) is 2.72. The summed E-state index contributed by atoms with van der Waals surface area (Å²) in [5.74, 6) is -0.339. The van der Waals surface area contributed by atoms with Gasteiger partial charge in [-0.15, -0.1) is 0 Å². The van der Waals surface area contributed by atoms with Gasteiger partial charge >= 0.3 is 5.69 Å². The van der Waals surface area contributed by atoms with Crippen LogP contribution >= 0.6 is 27.5 Å². The molecule has 3 aromatic rings. The Balaban J connectivity index is 1.71. The Labute approximate surface area is 162 Å². The Morgan fingerprint density at radius 2 is 1.88 bits per heavy atom. The first-order valence-electron chi connectivity index (χ1n) is 7.78. The molecule has 1 unspecified atom stereocenters. The monoisotopic (exact) mass is 435 g/mol. The topological polar surface area (TPSA) is 81.8 Å². The summed E-state index contributed by atoms with van der Waals surface area (Å²) in [6, 6.07) is 14.2. The van der Waals surface area contributed by atoms with E-state index in [0.717, 1.165) is 19.4 Å². The Bertz CT molecular complexity index is 983. The van der Waals surface area contributed by atoms with Gasteiger partial charge in [0.25, 0.3) is 0 Å². The summed E-state index contributed by atoms with van der Waals surface area (Å²) in [5, 5.41) is 10.8. The standard InChI is InChI=1S/C17H15BrClN5O2/c1-11(12-6-8-13(18)9-7-12)20-16(25)10-23-17(26)24(22-21-23)15-5-3-2-4-14(15)19/h2-9,11H,10H2,1H3,(H,20,25). The average Bonchev–Trinajstić information content (AvgIpc) is 2.96. The quantitative estimate of drug-likeness (QED) is 0.667. The van der Waals surface area contributed by atoms with Crippen LogP contribution in [0.15, 0.2) is 57.8 Å². The molecular weight excluding hydrogens is 422 g/mol. The Kier molecular flexibility index (Phi) is 5.53. The molecule has 1 N–H and O–H groups in total. The van der Waals surface area contributed by atoms with Crippen LogP contribution in [0.25, 0.3) is 5.69 Å². The predicted molar refractivity (Wildman–Crippen MR) is 101 cm³/mol. The van der Waals surface area contributed by atoms with E-state index < -0.39 is 5.69 Å². The lowest BCUT2D eigenvalue weighted by molar-refractivity contribution is -0.122. The van der Waals surface area contributed by atoms with E-state index in [1.807, 2.05) is 31.2 Å². The van der Waals surface area contributed by atoms with Crippen molar-refractivity contribution in [3.63, 3.8) is 0 Å². The molecule has 0 saturated heterocycles. The fourth-order valence-electron chi connectivity index (χ4n) is 2.41. The molecule has 0 spiro atoms. The fourth-order valence-corrected chi connectivity index (χ4v) is 2.89.